The molecule has 2 heteroatoms. The lowest BCUT2D eigenvalue weighted by atomic mass is 10.1. The molecule has 1 saturated heterocycles. The van der Waals surface area contributed by atoms with Crippen LogP contribution in [-0.4, -0.2) is 19.2 Å². The number of benzene rings is 1. The fourth-order valence-electron chi connectivity index (χ4n) is 2.04. The van der Waals surface area contributed by atoms with E-state index >= 15 is 0 Å². The van der Waals surface area contributed by atoms with Crippen LogP contribution in [0, 0.1) is 13.8 Å². The van der Waals surface area contributed by atoms with Crippen molar-refractivity contribution in [2.75, 3.05) is 13.1 Å². The van der Waals surface area contributed by atoms with E-state index in [0.29, 0.717) is 6.10 Å². The highest BCUT2D eigenvalue weighted by Crippen LogP contribution is 2.20. The Bertz CT molecular complexity index is 309. The fourth-order valence-corrected chi connectivity index (χ4v) is 2.04. The van der Waals surface area contributed by atoms with E-state index in [1.807, 2.05) is 0 Å². The minimum atomic E-state index is 0.365. The molecule has 1 heterocycles. The lowest BCUT2D eigenvalue weighted by molar-refractivity contribution is 0.161. The average molecular weight is 204 g/mol. The summed E-state index contributed by atoms with van der Waals surface area (Å²) in [7, 11) is 0. The van der Waals surface area contributed by atoms with Gasteiger partial charge in [-0.3, -0.25) is 0 Å². The third kappa shape index (κ3) is 2.96. The van der Waals surface area contributed by atoms with E-state index in [9.17, 15) is 0 Å². The standard InChI is InChI=1S/C13H18NO/c1-10-7-11(2)9-13(8-10)15-12-3-5-14-6-4-12/h7-9,12H,3-6H2,1-2H3. The van der Waals surface area contributed by atoms with Crippen LogP contribution in [0.3, 0.4) is 0 Å². The smallest absolute Gasteiger partial charge is 0.120 e. The molecular formula is C13H18NO. The van der Waals surface area contributed by atoms with Gasteiger partial charge < -0.3 is 4.74 Å². The molecule has 1 aromatic carbocycles. The molecular weight excluding hydrogens is 186 g/mol. The molecule has 81 valence electrons. The van der Waals surface area contributed by atoms with E-state index in [1.54, 1.807) is 0 Å². The molecule has 0 aliphatic carbocycles. The topological polar surface area (TPSA) is 23.3 Å². The summed E-state index contributed by atoms with van der Waals surface area (Å²) in [5, 5.41) is 4.32. The number of aryl methyl sites for hydroxylation is 2. The minimum absolute atomic E-state index is 0.365. The van der Waals surface area contributed by atoms with E-state index in [2.05, 4.69) is 37.4 Å². The Morgan fingerprint density at radius 2 is 1.67 bits per heavy atom. The summed E-state index contributed by atoms with van der Waals surface area (Å²) in [6, 6.07) is 6.39. The van der Waals surface area contributed by atoms with Crippen molar-refractivity contribution in [3.8, 4) is 5.75 Å². The number of ether oxygens (including phenoxy) is 1. The third-order valence-electron chi connectivity index (χ3n) is 2.72. The van der Waals surface area contributed by atoms with Crippen LogP contribution in [0.5, 0.6) is 5.75 Å². The summed E-state index contributed by atoms with van der Waals surface area (Å²) in [4.78, 5) is 0. The van der Waals surface area contributed by atoms with Crippen molar-refractivity contribution in [3.05, 3.63) is 29.3 Å². The van der Waals surface area contributed by atoms with Crippen molar-refractivity contribution in [3.63, 3.8) is 0 Å². The normalized spacial score (nSPS) is 17.7. The molecule has 2 nitrogen and oxygen atoms in total. The Morgan fingerprint density at radius 1 is 1.07 bits per heavy atom. The fraction of sp³-hybridized carbons (Fsp3) is 0.538. The average Bonchev–Trinajstić information content (AvgIpc) is 2.17. The van der Waals surface area contributed by atoms with E-state index in [1.165, 1.54) is 11.1 Å². The van der Waals surface area contributed by atoms with Gasteiger partial charge in [0, 0.05) is 13.1 Å². The van der Waals surface area contributed by atoms with Gasteiger partial charge in [0.15, 0.2) is 0 Å². The maximum absolute atomic E-state index is 5.96. The van der Waals surface area contributed by atoms with Gasteiger partial charge in [-0.15, -0.1) is 0 Å². The lowest BCUT2D eigenvalue weighted by Gasteiger charge is -2.23. The number of rotatable bonds is 2. The summed E-state index contributed by atoms with van der Waals surface area (Å²) < 4.78 is 5.96. The van der Waals surface area contributed by atoms with Crippen molar-refractivity contribution in [2.45, 2.75) is 32.8 Å². The van der Waals surface area contributed by atoms with Crippen molar-refractivity contribution in [2.24, 2.45) is 0 Å². The second-order valence-corrected chi connectivity index (χ2v) is 4.31. The highest BCUT2D eigenvalue weighted by molar-refractivity contribution is 5.33. The van der Waals surface area contributed by atoms with Crippen LogP contribution in [0.4, 0.5) is 0 Å². The van der Waals surface area contributed by atoms with Gasteiger partial charge in [-0.05, 0) is 49.9 Å². The summed E-state index contributed by atoms with van der Waals surface area (Å²) >= 11 is 0. The predicted molar refractivity (Wildman–Crippen MR) is 61.4 cm³/mol. The molecule has 0 N–H and O–H groups in total. The molecule has 1 aliphatic heterocycles. The number of hydrogen-bond acceptors (Lipinski definition) is 1. The molecule has 1 aliphatic rings. The van der Waals surface area contributed by atoms with Gasteiger partial charge in [-0.2, -0.15) is 0 Å². The number of piperidine rings is 1. The molecule has 0 aromatic heterocycles. The van der Waals surface area contributed by atoms with E-state index in [4.69, 9.17) is 4.74 Å². The van der Waals surface area contributed by atoms with Crippen LogP contribution in [0.1, 0.15) is 24.0 Å². The van der Waals surface area contributed by atoms with Gasteiger partial charge in [0.1, 0.15) is 11.9 Å². The summed E-state index contributed by atoms with van der Waals surface area (Å²) in [6.07, 6.45) is 2.49. The maximum atomic E-state index is 5.96. The van der Waals surface area contributed by atoms with Gasteiger partial charge >= 0.3 is 0 Å². The van der Waals surface area contributed by atoms with Crippen molar-refractivity contribution < 1.29 is 4.74 Å². The van der Waals surface area contributed by atoms with Gasteiger partial charge in [0.25, 0.3) is 0 Å². The second-order valence-electron chi connectivity index (χ2n) is 4.31. The molecule has 0 saturated carbocycles. The molecule has 0 unspecified atom stereocenters. The van der Waals surface area contributed by atoms with Crippen LogP contribution in [0.2, 0.25) is 0 Å². The van der Waals surface area contributed by atoms with E-state index in [-0.39, 0.29) is 0 Å². The molecule has 2 rings (SSSR count). The molecule has 15 heavy (non-hydrogen) atoms. The van der Waals surface area contributed by atoms with Gasteiger partial charge in [-0.1, -0.05) is 6.07 Å². The second kappa shape index (κ2) is 4.67. The Hall–Kier alpha value is -1.02. The van der Waals surface area contributed by atoms with Gasteiger partial charge in [0.2, 0.25) is 0 Å². The van der Waals surface area contributed by atoms with Crippen LogP contribution in [0.15, 0.2) is 18.2 Å². The summed E-state index contributed by atoms with van der Waals surface area (Å²) in [5.74, 6) is 1.01. The first-order valence-electron chi connectivity index (χ1n) is 5.62. The maximum Gasteiger partial charge on any atom is 0.120 e. The van der Waals surface area contributed by atoms with Crippen molar-refractivity contribution in [1.29, 1.82) is 0 Å². The molecule has 0 atom stereocenters. The molecule has 1 fully saturated rings. The molecule has 1 aromatic rings. The minimum Gasteiger partial charge on any atom is -0.490 e. The molecule has 0 spiro atoms. The lowest BCUT2D eigenvalue weighted by Crippen LogP contribution is -2.30. The Kier molecular flexibility index (Phi) is 3.27. The van der Waals surface area contributed by atoms with Crippen molar-refractivity contribution >= 4 is 0 Å². The Balaban J connectivity index is 2.02. The highest BCUT2D eigenvalue weighted by Gasteiger charge is 2.15. The van der Waals surface area contributed by atoms with E-state index in [0.717, 1.165) is 31.7 Å². The largest absolute Gasteiger partial charge is 0.490 e. The number of hydrogen-bond donors (Lipinski definition) is 0. The summed E-state index contributed by atoms with van der Waals surface area (Å²) in [6.45, 7) is 6.12. The first-order valence-corrected chi connectivity index (χ1v) is 5.62. The highest BCUT2D eigenvalue weighted by atomic mass is 16.5. The first-order chi connectivity index (χ1) is 7.24. The summed E-state index contributed by atoms with van der Waals surface area (Å²) in [5.41, 5.74) is 2.54. The zero-order valence-electron chi connectivity index (χ0n) is 9.49. The van der Waals surface area contributed by atoms with Crippen LogP contribution < -0.4 is 10.1 Å². The number of nitrogens with zero attached hydrogens (tertiary/aromatic N) is 1. The zero-order chi connectivity index (χ0) is 10.7. The quantitative estimate of drug-likeness (QED) is 0.725. The Labute approximate surface area is 91.6 Å². The van der Waals surface area contributed by atoms with Gasteiger partial charge in [-0.25, -0.2) is 5.32 Å². The van der Waals surface area contributed by atoms with Crippen LogP contribution in [0.25, 0.3) is 0 Å². The van der Waals surface area contributed by atoms with E-state index < -0.39 is 0 Å². The van der Waals surface area contributed by atoms with Gasteiger partial charge in [0.05, 0.1) is 0 Å². The van der Waals surface area contributed by atoms with Crippen molar-refractivity contribution in [1.82, 2.24) is 5.32 Å². The predicted octanol–water partition coefficient (Wildman–Crippen LogP) is 2.45. The Morgan fingerprint density at radius 3 is 2.27 bits per heavy atom. The van der Waals surface area contributed by atoms with Crippen LogP contribution in [-0.2, 0) is 0 Å². The SMILES string of the molecule is Cc1cc(C)cc(OC2CC[N]CC2)c1. The molecule has 1 radical (unpaired) electrons. The first kappa shape index (κ1) is 10.5. The molecule has 0 amide bonds. The zero-order valence-corrected chi connectivity index (χ0v) is 9.49. The van der Waals surface area contributed by atoms with Crippen LogP contribution >= 0.6 is 0 Å². The molecule has 0 bridgehead atoms. The monoisotopic (exact) mass is 204 g/mol. The third-order valence-corrected chi connectivity index (χ3v) is 2.72.